The maximum atomic E-state index is 6.18. The molecule has 1 unspecified atom stereocenters. The van der Waals surface area contributed by atoms with Gasteiger partial charge in [-0.2, -0.15) is 5.10 Å². The molecule has 1 saturated carbocycles. The average Bonchev–Trinajstić information content (AvgIpc) is 2.95. The van der Waals surface area contributed by atoms with Crippen LogP contribution in [0.15, 0.2) is 24.9 Å². The fraction of sp³-hybridized carbons (Fsp3) is 0.538. The highest BCUT2D eigenvalue weighted by molar-refractivity contribution is 5.56. The van der Waals surface area contributed by atoms with E-state index in [1.54, 1.807) is 0 Å². The quantitative estimate of drug-likeness (QED) is 0.868. The molecule has 3 rings (SSSR count). The van der Waals surface area contributed by atoms with Gasteiger partial charge in [0.1, 0.15) is 0 Å². The van der Waals surface area contributed by atoms with Gasteiger partial charge in [0, 0.05) is 30.9 Å². The molecule has 1 atom stereocenters. The highest BCUT2D eigenvalue weighted by Crippen LogP contribution is 2.32. The Balaban J connectivity index is 1.81. The van der Waals surface area contributed by atoms with E-state index in [0.29, 0.717) is 5.92 Å². The van der Waals surface area contributed by atoms with Crippen LogP contribution in [0.1, 0.15) is 19.8 Å². The predicted molar refractivity (Wildman–Crippen MR) is 69.8 cm³/mol. The molecule has 18 heavy (non-hydrogen) atoms. The summed E-state index contributed by atoms with van der Waals surface area (Å²) in [5.41, 5.74) is 8.39. The Kier molecular flexibility index (Phi) is 2.91. The molecule has 0 aromatic carbocycles. The molecule has 2 aromatic heterocycles. The molecule has 5 nitrogen and oxygen atoms in total. The van der Waals surface area contributed by atoms with E-state index in [-0.39, 0.29) is 6.04 Å². The average molecular weight is 245 g/mol. The molecule has 0 radical (unpaired) electrons. The van der Waals surface area contributed by atoms with Gasteiger partial charge in [-0.05, 0) is 25.7 Å². The van der Waals surface area contributed by atoms with Crippen molar-refractivity contribution in [2.24, 2.45) is 11.7 Å². The van der Waals surface area contributed by atoms with E-state index in [9.17, 15) is 0 Å². The second-order valence-corrected chi connectivity index (χ2v) is 5.02. The minimum atomic E-state index is 0.249. The number of hydrogen-bond acceptors (Lipinski definition) is 3. The zero-order valence-electron chi connectivity index (χ0n) is 10.7. The molecule has 1 fully saturated rings. The van der Waals surface area contributed by atoms with Crippen LogP contribution in [0.3, 0.4) is 0 Å². The first kappa shape index (κ1) is 11.5. The van der Waals surface area contributed by atoms with Gasteiger partial charge < -0.3 is 10.3 Å². The molecule has 1 aliphatic rings. The number of aromatic nitrogens is 4. The van der Waals surface area contributed by atoms with Crippen LogP contribution in [-0.4, -0.2) is 25.4 Å². The van der Waals surface area contributed by atoms with Crippen LogP contribution < -0.4 is 5.73 Å². The topological polar surface area (TPSA) is 61.7 Å². The summed E-state index contributed by atoms with van der Waals surface area (Å²) in [6.07, 6.45) is 10.2. The lowest BCUT2D eigenvalue weighted by atomic mass is 10.2. The number of nitrogens with zero attached hydrogens (tertiary/aromatic N) is 4. The summed E-state index contributed by atoms with van der Waals surface area (Å²) in [4.78, 5) is 4.24. The van der Waals surface area contributed by atoms with E-state index in [0.717, 1.165) is 24.3 Å². The fourth-order valence-corrected chi connectivity index (χ4v) is 2.28. The largest absolute Gasteiger partial charge is 0.329 e. The summed E-state index contributed by atoms with van der Waals surface area (Å²) in [6.45, 7) is 3.81. The zero-order chi connectivity index (χ0) is 12.5. The second-order valence-electron chi connectivity index (χ2n) is 5.02. The van der Waals surface area contributed by atoms with Gasteiger partial charge in [0.15, 0.2) is 0 Å². The van der Waals surface area contributed by atoms with Gasteiger partial charge in [-0.3, -0.25) is 4.68 Å². The van der Waals surface area contributed by atoms with Crippen LogP contribution in [0.5, 0.6) is 0 Å². The molecule has 1 aliphatic carbocycles. The van der Waals surface area contributed by atoms with E-state index >= 15 is 0 Å². The van der Waals surface area contributed by atoms with Crippen LogP contribution in [0.2, 0.25) is 0 Å². The molecule has 0 saturated heterocycles. The van der Waals surface area contributed by atoms with Crippen LogP contribution in [0.4, 0.5) is 0 Å². The molecule has 0 aliphatic heterocycles. The molecule has 96 valence electrons. The van der Waals surface area contributed by atoms with Gasteiger partial charge in [0.05, 0.1) is 24.4 Å². The summed E-state index contributed by atoms with van der Waals surface area (Å²) in [7, 11) is 0. The number of hydrogen-bond donors (Lipinski definition) is 1. The second kappa shape index (κ2) is 4.57. The van der Waals surface area contributed by atoms with Crippen molar-refractivity contribution in [3.8, 4) is 11.3 Å². The SMILES string of the molecule is CCn1cc(-c2cncn2CC(N)C2CC2)cn1. The first-order chi connectivity index (χ1) is 8.78. The minimum Gasteiger partial charge on any atom is -0.329 e. The van der Waals surface area contributed by atoms with E-state index in [2.05, 4.69) is 27.8 Å². The molecular formula is C13H19N5. The third kappa shape index (κ3) is 2.18. The Morgan fingerprint density at radius 1 is 1.44 bits per heavy atom. The van der Waals surface area contributed by atoms with Gasteiger partial charge in [-0.25, -0.2) is 4.98 Å². The Morgan fingerprint density at radius 3 is 2.94 bits per heavy atom. The Hall–Kier alpha value is -1.62. The maximum absolute atomic E-state index is 6.18. The standard InChI is InChI=1S/C13H19N5/c1-2-18-7-11(5-16-18)13-6-15-9-17(13)8-12(14)10-3-4-10/h5-7,9-10,12H,2-4,8,14H2,1H3. The first-order valence-electron chi connectivity index (χ1n) is 6.56. The minimum absolute atomic E-state index is 0.249. The monoisotopic (exact) mass is 245 g/mol. The lowest BCUT2D eigenvalue weighted by Crippen LogP contribution is -2.28. The normalized spacial score (nSPS) is 17.0. The molecule has 0 amide bonds. The van der Waals surface area contributed by atoms with Crippen LogP contribution in [0.25, 0.3) is 11.3 Å². The number of aryl methyl sites for hydroxylation is 1. The van der Waals surface area contributed by atoms with Gasteiger partial charge >= 0.3 is 0 Å². The van der Waals surface area contributed by atoms with Crippen molar-refractivity contribution in [1.29, 1.82) is 0 Å². The van der Waals surface area contributed by atoms with Gasteiger partial charge in [0.25, 0.3) is 0 Å². The molecule has 5 heteroatoms. The summed E-state index contributed by atoms with van der Waals surface area (Å²) >= 11 is 0. The van der Waals surface area contributed by atoms with Crippen LogP contribution >= 0.6 is 0 Å². The number of rotatable bonds is 5. The Morgan fingerprint density at radius 2 is 2.28 bits per heavy atom. The number of nitrogens with two attached hydrogens (primary N) is 1. The molecule has 0 bridgehead atoms. The van der Waals surface area contributed by atoms with E-state index in [4.69, 9.17) is 5.73 Å². The van der Waals surface area contributed by atoms with Crippen molar-refractivity contribution in [3.63, 3.8) is 0 Å². The molecule has 0 spiro atoms. The maximum Gasteiger partial charge on any atom is 0.0951 e. The third-order valence-corrected chi connectivity index (χ3v) is 3.60. The highest BCUT2D eigenvalue weighted by atomic mass is 15.3. The van der Waals surface area contributed by atoms with Gasteiger partial charge in [-0.1, -0.05) is 0 Å². The van der Waals surface area contributed by atoms with Crippen molar-refractivity contribution in [3.05, 3.63) is 24.9 Å². The lowest BCUT2D eigenvalue weighted by Gasteiger charge is -2.13. The van der Waals surface area contributed by atoms with E-state index < -0.39 is 0 Å². The van der Waals surface area contributed by atoms with Crippen LogP contribution in [-0.2, 0) is 13.1 Å². The number of imidazole rings is 1. The van der Waals surface area contributed by atoms with Gasteiger partial charge in [0.2, 0.25) is 0 Å². The van der Waals surface area contributed by atoms with Crippen LogP contribution in [0, 0.1) is 5.92 Å². The Bertz CT molecular complexity index is 523. The van der Waals surface area contributed by atoms with Crippen molar-refractivity contribution < 1.29 is 0 Å². The van der Waals surface area contributed by atoms with Crippen molar-refractivity contribution in [1.82, 2.24) is 19.3 Å². The Labute approximate surface area is 107 Å². The lowest BCUT2D eigenvalue weighted by molar-refractivity contribution is 0.505. The van der Waals surface area contributed by atoms with E-state index in [1.807, 2.05) is 23.4 Å². The van der Waals surface area contributed by atoms with Crippen molar-refractivity contribution in [2.45, 2.75) is 38.9 Å². The van der Waals surface area contributed by atoms with E-state index in [1.165, 1.54) is 12.8 Å². The summed E-state index contributed by atoms with van der Waals surface area (Å²) in [6, 6.07) is 0.249. The third-order valence-electron chi connectivity index (χ3n) is 3.60. The smallest absolute Gasteiger partial charge is 0.0951 e. The van der Waals surface area contributed by atoms with Crippen molar-refractivity contribution >= 4 is 0 Å². The van der Waals surface area contributed by atoms with Gasteiger partial charge in [-0.15, -0.1) is 0 Å². The predicted octanol–water partition coefficient (Wildman–Crippen LogP) is 1.50. The summed E-state index contributed by atoms with van der Waals surface area (Å²) in [5, 5.41) is 4.30. The van der Waals surface area contributed by atoms with Crippen molar-refractivity contribution in [2.75, 3.05) is 0 Å². The summed E-state index contributed by atoms with van der Waals surface area (Å²) < 4.78 is 4.06. The molecule has 2 heterocycles. The molecule has 2 N–H and O–H groups in total. The summed E-state index contributed by atoms with van der Waals surface area (Å²) in [5.74, 6) is 0.707. The highest BCUT2D eigenvalue weighted by Gasteiger charge is 2.28. The molecular weight excluding hydrogens is 226 g/mol. The first-order valence-corrected chi connectivity index (χ1v) is 6.56. The fourth-order valence-electron chi connectivity index (χ4n) is 2.28. The molecule has 2 aromatic rings. The zero-order valence-corrected chi connectivity index (χ0v) is 10.7.